The van der Waals surface area contributed by atoms with Crippen molar-refractivity contribution >= 4 is 26.9 Å². The van der Waals surface area contributed by atoms with E-state index in [1.807, 2.05) is 48.1 Å². The number of hydrogen-bond acceptors (Lipinski definition) is 6. The molecule has 0 saturated heterocycles. The van der Waals surface area contributed by atoms with Gasteiger partial charge in [-0.05, 0) is 61.5 Å². The topological polar surface area (TPSA) is 95.2 Å². The van der Waals surface area contributed by atoms with Gasteiger partial charge in [-0.25, -0.2) is 12.4 Å². The minimum Gasteiger partial charge on any atom is -0.465 e. The van der Waals surface area contributed by atoms with Gasteiger partial charge in [0.1, 0.15) is 11.4 Å². The standard InChI is InChI=1S/C23H24N4O4S/c1-3-31-23(28)16-26-10-8-19-12-18(6-7-21(19)26)22-11-17(13-24-2)15-27(22)32(29,30)20-5-4-9-25-14-20/h4-12,14-15,24H,3,13,16H2,1-2H3. The van der Waals surface area contributed by atoms with Crippen LogP contribution >= 0.6 is 0 Å². The summed E-state index contributed by atoms with van der Waals surface area (Å²) in [6.07, 6.45) is 6.33. The molecule has 32 heavy (non-hydrogen) atoms. The van der Waals surface area contributed by atoms with Crippen LogP contribution in [-0.2, 0) is 32.6 Å². The molecule has 0 amide bonds. The fourth-order valence-corrected chi connectivity index (χ4v) is 5.03. The molecule has 166 valence electrons. The van der Waals surface area contributed by atoms with Gasteiger partial charge >= 0.3 is 5.97 Å². The zero-order chi connectivity index (χ0) is 22.7. The Kier molecular flexibility index (Phi) is 6.11. The SMILES string of the molecule is CCOC(=O)Cn1ccc2cc(-c3cc(CNC)cn3S(=O)(=O)c3cccnc3)ccc21. The lowest BCUT2D eigenvalue weighted by molar-refractivity contribution is -0.143. The maximum atomic E-state index is 13.3. The Hall–Kier alpha value is -3.43. The van der Waals surface area contributed by atoms with Crippen LogP contribution in [-0.4, -0.2) is 41.6 Å². The van der Waals surface area contributed by atoms with Gasteiger partial charge in [0.2, 0.25) is 0 Å². The van der Waals surface area contributed by atoms with Crippen molar-refractivity contribution in [1.82, 2.24) is 18.8 Å². The molecule has 3 heterocycles. The molecular weight excluding hydrogens is 428 g/mol. The maximum absolute atomic E-state index is 13.3. The van der Waals surface area contributed by atoms with Crippen LogP contribution in [0.3, 0.4) is 0 Å². The zero-order valence-corrected chi connectivity index (χ0v) is 18.7. The van der Waals surface area contributed by atoms with Crippen molar-refractivity contribution in [2.45, 2.75) is 24.9 Å². The molecule has 0 aliphatic heterocycles. The van der Waals surface area contributed by atoms with Crippen LogP contribution in [0.5, 0.6) is 0 Å². The van der Waals surface area contributed by atoms with Crippen molar-refractivity contribution in [2.24, 2.45) is 0 Å². The highest BCUT2D eigenvalue weighted by atomic mass is 32.2. The van der Waals surface area contributed by atoms with Crippen molar-refractivity contribution < 1.29 is 17.9 Å². The first-order valence-corrected chi connectivity index (χ1v) is 11.6. The fraction of sp³-hybridized carbons (Fsp3) is 0.217. The van der Waals surface area contributed by atoms with Gasteiger partial charge in [0, 0.05) is 42.2 Å². The molecule has 4 rings (SSSR count). The number of nitrogens with one attached hydrogen (secondary N) is 1. The first-order chi connectivity index (χ1) is 15.4. The van der Waals surface area contributed by atoms with E-state index in [1.54, 1.807) is 19.2 Å². The van der Waals surface area contributed by atoms with Crippen molar-refractivity contribution in [2.75, 3.05) is 13.7 Å². The lowest BCUT2D eigenvalue weighted by Gasteiger charge is -2.11. The third-order valence-electron chi connectivity index (χ3n) is 5.09. The molecule has 3 aromatic heterocycles. The van der Waals surface area contributed by atoms with Crippen molar-refractivity contribution in [3.63, 3.8) is 0 Å². The Balaban J connectivity index is 1.78. The average molecular weight is 453 g/mol. The van der Waals surface area contributed by atoms with E-state index in [4.69, 9.17) is 4.74 Å². The van der Waals surface area contributed by atoms with E-state index in [-0.39, 0.29) is 17.4 Å². The highest BCUT2D eigenvalue weighted by molar-refractivity contribution is 7.90. The number of pyridine rings is 1. The number of ether oxygens (including phenoxy) is 1. The van der Waals surface area contributed by atoms with E-state index < -0.39 is 10.0 Å². The van der Waals surface area contributed by atoms with Gasteiger partial charge in [-0.2, -0.15) is 0 Å². The second-order valence-corrected chi connectivity index (χ2v) is 9.09. The van der Waals surface area contributed by atoms with Gasteiger partial charge in [-0.15, -0.1) is 0 Å². The molecule has 0 spiro atoms. The molecule has 0 atom stereocenters. The number of carbonyl (C=O) groups is 1. The summed E-state index contributed by atoms with van der Waals surface area (Å²) in [6, 6.07) is 12.6. The van der Waals surface area contributed by atoms with Crippen LogP contribution in [0, 0.1) is 0 Å². The number of hydrogen-bond donors (Lipinski definition) is 1. The molecule has 9 heteroatoms. The summed E-state index contributed by atoms with van der Waals surface area (Å²) in [5.41, 5.74) is 3.01. The summed E-state index contributed by atoms with van der Waals surface area (Å²) >= 11 is 0. The van der Waals surface area contributed by atoms with Crippen LogP contribution in [0.2, 0.25) is 0 Å². The zero-order valence-electron chi connectivity index (χ0n) is 17.9. The molecule has 0 radical (unpaired) electrons. The van der Waals surface area contributed by atoms with Gasteiger partial charge in [0.15, 0.2) is 0 Å². The summed E-state index contributed by atoms with van der Waals surface area (Å²) in [5.74, 6) is -0.303. The molecular formula is C23H24N4O4S. The summed E-state index contributed by atoms with van der Waals surface area (Å²) in [6.45, 7) is 2.75. The summed E-state index contributed by atoms with van der Waals surface area (Å²) < 4.78 is 34.8. The number of rotatable bonds is 8. The predicted octanol–water partition coefficient (Wildman–Crippen LogP) is 3.02. The van der Waals surface area contributed by atoms with Gasteiger partial charge < -0.3 is 14.6 Å². The maximum Gasteiger partial charge on any atom is 0.325 e. The third-order valence-corrected chi connectivity index (χ3v) is 6.74. The monoisotopic (exact) mass is 452 g/mol. The number of benzene rings is 1. The van der Waals surface area contributed by atoms with Gasteiger partial charge in [-0.1, -0.05) is 6.07 Å². The van der Waals surface area contributed by atoms with Gasteiger partial charge in [0.25, 0.3) is 10.0 Å². The van der Waals surface area contributed by atoms with E-state index in [0.29, 0.717) is 18.8 Å². The lowest BCUT2D eigenvalue weighted by Crippen LogP contribution is -2.14. The average Bonchev–Trinajstić information content (AvgIpc) is 3.39. The van der Waals surface area contributed by atoms with E-state index in [9.17, 15) is 13.2 Å². The van der Waals surface area contributed by atoms with E-state index in [2.05, 4.69) is 10.3 Å². The Bertz CT molecular complexity index is 1360. The first-order valence-electron chi connectivity index (χ1n) is 10.2. The third kappa shape index (κ3) is 4.17. The fourth-order valence-electron chi connectivity index (χ4n) is 3.66. The predicted molar refractivity (Wildman–Crippen MR) is 122 cm³/mol. The Labute approximate surface area is 186 Å². The minimum atomic E-state index is -3.83. The summed E-state index contributed by atoms with van der Waals surface area (Å²) in [4.78, 5) is 15.9. The molecule has 0 unspecified atom stereocenters. The second-order valence-electron chi connectivity index (χ2n) is 7.28. The summed E-state index contributed by atoms with van der Waals surface area (Å²) in [7, 11) is -2.02. The minimum absolute atomic E-state index is 0.120. The smallest absolute Gasteiger partial charge is 0.325 e. The van der Waals surface area contributed by atoms with E-state index in [0.717, 1.165) is 22.0 Å². The van der Waals surface area contributed by atoms with Crippen LogP contribution in [0.25, 0.3) is 22.2 Å². The van der Waals surface area contributed by atoms with E-state index >= 15 is 0 Å². The van der Waals surface area contributed by atoms with Crippen molar-refractivity contribution in [3.8, 4) is 11.3 Å². The van der Waals surface area contributed by atoms with Gasteiger partial charge in [0.05, 0.1) is 12.3 Å². The first kappa shape index (κ1) is 21.8. The molecule has 0 bridgehead atoms. The quantitative estimate of drug-likeness (QED) is 0.413. The van der Waals surface area contributed by atoms with Crippen LogP contribution in [0.1, 0.15) is 12.5 Å². The lowest BCUT2D eigenvalue weighted by atomic mass is 10.1. The van der Waals surface area contributed by atoms with Crippen molar-refractivity contribution in [3.05, 3.63) is 72.8 Å². The number of aromatic nitrogens is 3. The Morgan fingerprint density at radius 1 is 1.19 bits per heavy atom. The van der Waals surface area contributed by atoms with Crippen LogP contribution in [0.15, 0.2) is 72.1 Å². The molecule has 8 nitrogen and oxygen atoms in total. The highest BCUT2D eigenvalue weighted by Crippen LogP contribution is 2.30. The van der Waals surface area contributed by atoms with E-state index in [1.165, 1.54) is 22.4 Å². The Morgan fingerprint density at radius 3 is 2.75 bits per heavy atom. The molecule has 0 fully saturated rings. The molecule has 0 saturated carbocycles. The molecule has 0 aliphatic rings. The molecule has 4 aromatic rings. The Morgan fingerprint density at radius 2 is 2.03 bits per heavy atom. The molecule has 1 aromatic carbocycles. The molecule has 1 N–H and O–H groups in total. The highest BCUT2D eigenvalue weighted by Gasteiger charge is 2.22. The number of fused-ring (bicyclic) bond motifs is 1. The number of carbonyl (C=O) groups excluding carboxylic acids is 1. The van der Waals surface area contributed by atoms with Crippen LogP contribution < -0.4 is 5.32 Å². The summed E-state index contributed by atoms with van der Waals surface area (Å²) in [5, 5.41) is 3.96. The number of esters is 1. The number of nitrogens with zero attached hydrogens (tertiary/aromatic N) is 3. The van der Waals surface area contributed by atoms with Gasteiger partial charge in [-0.3, -0.25) is 9.78 Å². The molecule has 0 aliphatic carbocycles. The second kappa shape index (κ2) is 8.97. The van der Waals surface area contributed by atoms with Crippen molar-refractivity contribution in [1.29, 1.82) is 0 Å². The largest absolute Gasteiger partial charge is 0.465 e. The normalized spacial score (nSPS) is 11.7. The van der Waals surface area contributed by atoms with Crippen LogP contribution in [0.4, 0.5) is 0 Å².